The molecule has 0 radical (unpaired) electrons. The first kappa shape index (κ1) is 20.3. The Balaban J connectivity index is 0.000000413. The molecule has 0 unspecified atom stereocenters. The Morgan fingerprint density at radius 2 is 1.67 bits per heavy atom. The van der Waals surface area contributed by atoms with Gasteiger partial charge in [-0.1, -0.05) is 30.9 Å². The van der Waals surface area contributed by atoms with E-state index < -0.39 is 11.9 Å². The molecular formula is C17H24ClNO5. The van der Waals surface area contributed by atoms with Crippen molar-refractivity contribution in [3.63, 3.8) is 0 Å². The fourth-order valence-electron chi connectivity index (χ4n) is 2.54. The van der Waals surface area contributed by atoms with Crippen molar-refractivity contribution in [2.45, 2.75) is 38.1 Å². The monoisotopic (exact) mass is 357 g/mol. The van der Waals surface area contributed by atoms with Gasteiger partial charge in [0.05, 0.1) is 0 Å². The fraction of sp³-hybridized carbons (Fsp3) is 0.529. The smallest absolute Gasteiger partial charge is 0.414 e. The van der Waals surface area contributed by atoms with Crippen LogP contribution in [0.1, 0.15) is 32.1 Å². The molecule has 6 nitrogen and oxygen atoms in total. The second-order valence-electron chi connectivity index (χ2n) is 5.69. The number of carboxylic acid groups (broad SMARTS) is 2. The molecule has 1 saturated carbocycles. The Hall–Kier alpha value is -1.79. The van der Waals surface area contributed by atoms with E-state index in [-0.39, 0.29) is 0 Å². The minimum absolute atomic E-state index is 0.745. The van der Waals surface area contributed by atoms with Gasteiger partial charge in [-0.25, -0.2) is 9.59 Å². The predicted octanol–water partition coefficient (Wildman–Crippen LogP) is 3.14. The highest BCUT2D eigenvalue weighted by Crippen LogP contribution is 2.21. The maximum atomic E-state index is 9.10. The van der Waals surface area contributed by atoms with Gasteiger partial charge in [-0.15, -0.1) is 0 Å². The molecule has 0 spiro atoms. The standard InChI is InChI=1S/C15H22ClNO.C2H2O4/c1-17(14-5-3-2-4-6-14)11-12-18-15-9-7-13(16)8-10-15;3-1(4)2(5)6/h7-10,14H,2-6,11-12H2,1H3;(H,3,4)(H,5,6). The molecule has 134 valence electrons. The fourth-order valence-corrected chi connectivity index (χ4v) is 2.67. The minimum atomic E-state index is -1.82. The molecule has 0 heterocycles. The van der Waals surface area contributed by atoms with E-state index in [0.717, 1.165) is 30.0 Å². The van der Waals surface area contributed by atoms with E-state index in [0.29, 0.717) is 0 Å². The third kappa shape index (κ3) is 8.17. The number of ether oxygens (including phenoxy) is 1. The summed E-state index contributed by atoms with van der Waals surface area (Å²) in [5, 5.41) is 15.5. The number of nitrogens with zero attached hydrogens (tertiary/aromatic N) is 1. The van der Waals surface area contributed by atoms with Gasteiger partial charge in [0.1, 0.15) is 12.4 Å². The van der Waals surface area contributed by atoms with Crippen LogP contribution in [0.25, 0.3) is 0 Å². The minimum Gasteiger partial charge on any atom is -0.492 e. The first-order chi connectivity index (χ1) is 11.4. The summed E-state index contributed by atoms with van der Waals surface area (Å²) < 4.78 is 5.72. The van der Waals surface area contributed by atoms with Gasteiger partial charge in [0.15, 0.2) is 0 Å². The highest BCUT2D eigenvalue weighted by Gasteiger charge is 2.17. The average molecular weight is 358 g/mol. The molecule has 24 heavy (non-hydrogen) atoms. The summed E-state index contributed by atoms with van der Waals surface area (Å²) in [6.07, 6.45) is 6.86. The number of benzene rings is 1. The molecule has 2 rings (SSSR count). The van der Waals surface area contributed by atoms with E-state index in [1.807, 2.05) is 24.3 Å². The van der Waals surface area contributed by atoms with Crippen molar-refractivity contribution in [1.82, 2.24) is 4.90 Å². The highest BCUT2D eigenvalue weighted by molar-refractivity contribution is 6.30. The molecular weight excluding hydrogens is 334 g/mol. The maximum Gasteiger partial charge on any atom is 0.414 e. The van der Waals surface area contributed by atoms with Crippen molar-refractivity contribution < 1.29 is 24.5 Å². The van der Waals surface area contributed by atoms with Crippen LogP contribution in [0.4, 0.5) is 0 Å². The van der Waals surface area contributed by atoms with Gasteiger partial charge in [-0.2, -0.15) is 0 Å². The van der Waals surface area contributed by atoms with Crippen molar-refractivity contribution in [2.75, 3.05) is 20.2 Å². The predicted molar refractivity (Wildman–Crippen MR) is 91.7 cm³/mol. The maximum absolute atomic E-state index is 9.10. The Kier molecular flexibility index (Phi) is 9.19. The summed E-state index contributed by atoms with van der Waals surface area (Å²) >= 11 is 5.83. The van der Waals surface area contributed by atoms with E-state index in [4.69, 9.17) is 36.1 Å². The Bertz CT molecular complexity index is 502. The van der Waals surface area contributed by atoms with E-state index in [2.05, 4.69) is 11.9 Å². The Morgan fingerprint density at radius 1 is 1.12 bits per heavy atom. The van der Waals surface area contributed by atoms with Crippen LogP contribution in [0.3, 0.4) is 0 Å². The van der Waals surface area contributed by atoms with Crippen LogP contribution in [-0.4, -0.2) is 53.3 Å². The molecule has 7 heteroatoms. The molecule has 1 aliphatic carbocycles. The summed E-state index contributed by atoms with van der Waals surface area (Å²) in [4.78, 5) is 20.6. The zero-order valence-electron chi connectivity index (χ0n) is 13.8. The third-order valence-corrected chi connectivity index (χ3v) is 4.16. The van der Waals surface area contributed by atoms with Crippen molar-refractivity contribution in [1.29, 1.82) is 0 Å². The van der Waals surface area contributed by atoms with Gasteiger partial charge in [0.2, 0.25) is 0 Å². The van der Waals surface area contributed by atoms with Crippen molar-refractivity contribution in [2.24, 2.45) is 0 Å². The van der Waals surface area contributed by atoms with Gasteiger partial charge < -0.3 is 19.8 Å². The molecule has 2 N–H and O–H groups in total. The van der Waals surface area contributed by atoms with Crippen LogP contribution in [0.5, 0.6) is 5.75 Å². The molecule has 0 bridgehead atoms. The quantitative estimate of drug-likeness (QED) is 0.787. The van der Waals surface area contributed by atoms with Crippen LogP contribution < -0.4 is 4.74 Å². The lowest BCUT2D eigenvalue weighted by Gasteiger charge is -2.31. The number of rotatable bonds is 5. The van der Waals surface area contributed by atoms with Gasteiger partial charge in [0.25, 0.3) is 0 Å². The van der Waals surface area contributed by atoms with E-state index in [1.54, 1.807) is 0 Å². The van der Waals surface area contributed by atoms with Gasteiger partial charge in [-0.3, -0.25) is 0 Å². The molecule has 1 aromatic carbocycles. The molecule has 0 amide bonds. The number of hydrogen-bond acceptors (Lipinski definition) is 4. The topological polar surface area (TPSA) is 87.1 Å². The number of halogens is 1. The zero-order valence-corrected chi connectivity index (χ0v) is 14.5. The second kappa shape index (κ2) is 10.9. The molecule has 0 aliphatic heterocycles. The first-order valence-electron chi connectivity index (χ1n) is 7.95. The van der Waals surface area contributed by atoms with Gasteiger partial charge in [-0.05, 0) is 44.2 Å². The van der Waals surface area contributed by atoms with E-state index >= 15 is 0 Å². The van der Waals surface area contributed by atoms with Crippen LogP contribution >= 0.6 is 11.6 Å². The summed E-state index contributed by atoms with van der Waals surface area (Å²) in [5.74, 6) is -2.75. The summed E-state index contributed by atoms with van der Waals surface area (Å²) in [7, 11) is 2.21. The Morgan fingerprint density at radius 3 is 2.17 bits per heavy atom. The Labute approximate surface area is 147 Å². The van der Waals surface area contributed by atoms with Crippen molar-refractivity contribution in [3.05, 3.63) is 29.3 Å². The summed E-state index contributed by atoms with van der Waals surface area (Å²) in [6.45, 7) is 1.74. The van der Waals surface area contributed by atoms with Crippen molar-refractivity contribution in [3.8, 4) is 5.75 Å². The lowest BCUT2D eigenvalue weighted by molar-refractivity contribution is -0.159. The molecule has 1 aromatic rings. The van der Waals surface area contributed by atoms with E-state index in [1.165, 1.54) is 32.1 Å². The number of likely N-dealkylation sites (N-methyl/N-ethyl adjacent to an activating group) is 1. The van der Waals surface area contributed by atoms with Crippen LogP contribution in [0.2, 0.25) is 5.02 Å². The lowest BCUT2D eigenvalue weighted by Crippen LogP contribution is -2.36. The molecule has 0 aromatic heterocycles. The van der Waals surface area contributed by atoms with E-state index in [9.17, 15) is 0 Å². The SMILES string of the molecule is CN(CCOc1ccc(Cl)cc1)C1CCCCC1.O=C(O)C(=O)O. The number of carboxylic acids is 2. The third-order valence-electron chi connectivity index (χ3n) is 3.91. The van der Waals surface area contributed by atoms with Crippen LogP contribution in [-0.2, 0) is 9.59 Å². The normalized spacial score (nSPS) is 14.6. The molecule has 0 saturated heterocycles. The largest absolute Gasteiger partial charge is 0.492 e. The number of hydrogen-bond donors (Lipinski definition) is 2. The van der Waals surface area contributed by atoms with Crippen LogP contribution in [0.15, 0.2) is 24.3 Å². The van der Waals surface area contributed by atoms with Crippen LogP contribution in [0, 0.1) is 0 Å². The zero-order chi connectivity index (χ0) is 17.9. The van der Waals surface area contributed by atoms with Crippen molar-refractivity contribution >= 4 is 23.5 Å². The lowest BCUT2D eigenvalue weighted by atomic mass is 9.94. The molecule has 1 fully saturated rings. The number of aliphatic carboxylic acids is 2. The van der Waals surface area contributed by atoms with Gasteiger partial charge in [0, 0.05) is 17.6 Å². The van der Waals surface area contributed by atoms with Gasteiger partial charge >= 0.3 is 11.9 Å². The molecule has 0 atom stereocenters. The second-order valence-corrected chi connectivity index (χ2v) is 6.12. The average Bonchev–Trinajstić information content (AvgIpc) is 2.58. The first-order valence-corrected chi connectivity index (χ1v) is 8.32. The summed E-state index contributed by atoms with van der Waals surface area (Å²) in [6, 6.07) is 8.32. The number of carbonyl (C=O) groups is 2. The highest BCUT2D eigenvalue weighted by atomic mass is 35.5. The summed E-state index contributed by atoms with van der Waals surface area (Å²) in [5.41, 5.74) is 0. The molecule has 1 aliphatic rings.